The number of hydrogen-bond donors (Lipinski definition) is 0. The predicted molar refractivity (Wildman–Crippen MR) is 108 cm³/mol. The number of esters is 1. The molecule has 0 bridgehead atoms. The van der Waals surface area contributed by atoms with Gasteiger partial charge in [-0.25, -0.2) is 13.2 Å². The Morgan fingerprint density at radius 1 is 1.03 bits per heavy atom. The van der Waals surface area contributed by atoms with E-state index in [1.807, 2.05) is 0 Å². The number of alkyl halides is 3. The maximum atomic E-state index is 14.0. The number of aryl methyl sites for hydroxylation is 1. The lowest BCUT2D eigenvalue weighted by atomic mass is 10.2. The van der Waals surface area contributed by atoms with E-state index in [1.54, 1.807) is 37.3 Å². The van der Waals surface area contributed by atoms with Crippen LogP contribution in [-0.2, 0) is 14.8 Å². The monoisotopic (exact) mass is 455 g/mol. The van der Waals surface area contributed by atoms with E-state index in [9.17, 15) is 26.4 Å². The average Bonchev–Trinajstić information content (AvgIpc) is 3.11. The van der Waals surface area contributed by atoms with Gasteiger partial charge in [0.25, 0.3) is 10.0 Å². The number of benzene rings is 2. The molecule has 0 fully saturated rings. The Hall–Kier alpha value is -2.85. The topological polar surface area (TPSA) is 63.7 Å². The lowest BCUT2D eigenvalue weighted by molar-refractivity contribution is -0.115. The zero-order valence-corrected chi connectivity index (χ0v) is 17.4. The molecule has 0 aliphatic carbocycles. The number of hydrogen-bond acceptors (Lipinski definition) is 5. The molecule has 10 heteroatoms. The first-order chi connectivity index (χ1) is 14.1. The van der Waals surface area contributed by atoms with Crippen molar-refractivity contribution in [3.05, 3.63) is 71.1 Å². The first-order valence-electron chi connectivity index (χ1n) is 8.52. The molecule has 0 amide bonds. The van der Waals surface area contributed by atoms with Crippen LogP contribution in [0.25, 0.3) is 10.4 Å². The van der Waals surface area contributed by atoms with Crippen molar-refractivity contribution in [1.29, 1.82) is 0 Å². The van der Waals surface area contributed by atoms with Gasteiger partial charge in [-0.15, -0.1) is 24.5 Å². The number of halogens is 3. The lowest BCUT2D eigenvalue weighted by Gasteiger charge is -2.26. The first-order valence-corrected chi connectivity index (χ1v) is 10.8. The quantitative estimate of drug-likeness (QED) is 0.391. The van der Waals surface area contributed by atoms with Gasteiger partial charge in [0.15, 0.2) is 0 Å². The number of carbonyl (C=O) groups excluding carboxylic acids is 1. The lowest BCUT2D eigenvalue weighted by Crippen LogP contribution is -2.43. The van der Waals surface area contributed by atoms with E-state index in [0.29, 0.717) is 16.0 Å². The average molecular weight is 455 g/mol. The van der Waals surface area contributed by atoms with Crippen LogP contribution in [0.5, 0.6) is 0 Å². The molecule has 0 aliphatic heterocycles. The van der Waals surface area contributed by atoms with Crippen LogP contribution < -0.4 is 4.31 Å². The minimum absolute atomic E-state index is 0.291. The number of sulfonamides is 1. The van der Waals surface area contributed by atoms with Crippen molar-refractivity contribution in [2.45, 2.75) is 18.1 Å². The summed E-state index contributed by atoms with van der Waals surface area (Å²) in [5.74, 6) is -1.06. The van der Waals surface area contributed by atoms with Crippen LogP contribution in [0.4, 0.5) is 18.9 Å². The van der Waals surface area contributed by atoms with Gasteiger partial charge >= 0.3 is 12.3 Å². The zero-order chi connectivity index (χ0) is 22.1. The number of thiophene rings is 1. The molecule has 0 N–H and O–H groups in total. The number of anilines is 1. The minimum atomic E-state index is -5.32. The van der Waals surface area contributed by atoms with Gasteiger partial charge in [0.1, 0.15) is 4.88 Å². The van der Waals surface area contributed by atoms with Gasteiger partial charge in [0, 0.05) is 4.88 Å². The van der Waals surface area contributed by atoms with Gasteiger partial charge in [-0.05, 0) is 30.7 Å². The highest BCUT2D eigenvalue weighted by atomic mass is 32.2. The summed E-state index contributed by atoms with van der Waals surface area (Å²) in [6, 6.07) is 14.4. The third-order valence-electron chi connectivity index (χ3n) is 4.15. The number of rotatable bonds is 5. The van der Waals surface area contributed by atoms with Crippen LogP contribution in [0.3, 0.4) is 0 Å². The summed E-state index contributed by atoms with van der Waals surface area (Å²) in [6.07, 6.45) is -5.32. The van der Waals surface area contributed by atoms with Crippen LogP contribution in [0.1, 0.15) is 15.2 Å². The summed E-state index contributed by atoms with van der Waals surface area (Å²) >= 11 is 0.723. The summed E-state index contributed by atoms with van der Waals surface area (Å²) in [7, 11) is -4.04. The highest BCUT2D eigenvalue weighted by Crippen LogP contribution is 2.43. The first kappa shape index (κ1) is 21.8. The molecule has 30 heavy (non-hydrogen) atoms. The molecular weight excluding hydrogens is 439 g/mol. The minimum Gasteiger partial charge on any atom is -0.465 e. The Bertz CT molecular complexity index is 1160. The van der Waals surface area contributed by atoms with E-state index < -0.39 is 42.1 Å². The fourth-order valence-electron chi connectivity index (χ4n) is 2.73. The maximum Gasteiger partial charge on any atom is 0.498 e. The fourth-order valence-corrected chi connectivity index (χ4v) is 5.22. The molecule has 2 aromatic carbocycles. The van der Waals surface area contributed by atoms with Crippen molar-refractivity contribution in [1.82, 2.24) is 0 Å². The van der Waals surface area contributed by atoms with Crippen LogP contribution in [0, 0.1) is 6.92 Å². The van der Waals surface area contributed by atoms with Gasteiger partial charge < -0.3 is 4.74 Å². The summed E-state index contributed by atoms with van der Waals surface area (Å²) in [5, 5.41) is 0. The molecule has 0 radical (unpaired) electrons. The number of nitrogens with zero attached hydrogens (tertiary/aromatic N) is 1. The van der Waals surface area contributed by atoms with Crippen molar-refractivity contribution in [3.8, 4) is 10.4 Å². The fraction of sp³-hybridized carbons (Fsp3) is 0.150. The van der Waals surface area contributed by atoms with Crippen LogP contribution in [0.15, 0.2) is 65.6 Å². The highest BCUT2D eigenvalue weighted by Gasteiger charge is 2.49. The molecule has 158 valence electrons. The van der Waals surface area contributed by atoms with Gasteiger partial charge in [-0.3, -0.25) is 0 Å². The van der Waals surface area contributed by atoms with E-state index in [1.165, 1.54) is 12.1 Å². The third-order valence-corrected chi connectivity index (χ3v) is 7.06. The van der Waals surface area contributed by atoms with E-state index in [-0.39, 0.29) is 0 Å². The zero-order valence-electron chi connectivity index (χ0n) is 15.8. The Morgan fingerprint density at radius 3 is 2.17 bits per heavy atom. The molecule has 0 spiro atoms. The van der Waals surface area contributed by atoms with Crippen molar-refractivity contribution >= 4 is 33.0 Å². The van der Waals surface area contributed by atoms with Crippen LogP contribution >= 0.6 is 11.3 Å². The van der Waals surface area contributed by atoms with Crippen LogP contribution in [0.2, 0.25) is 0 Å². The molecular formula is C20H16F3NO4S2. The van der Waals surface area contributed by atoms with Gasteiger partial charge in [0.2, 0.25) is 0 Å². The second-order valence-electron chi connectivity index (χ2n) is 6.23. The second-order valence-corrected chi connectivity index (χ2v) is 9.07. The molecule has 3 aromatic rings. The number of carbonyl (C=O) groups is 1. The van der Waals surface area contributed by atoms with Crippen molar-refractivity contribution in [2.75, 3.05) is 11.4 Å². The number of methoxy groups -OCH3 is 1. The van der Waals surface area contributed by atoms with E-state index in [4.69, 9.17) is 0 Å². The van der Waals surface area contributed by atoms with Gasteiger partial charge in [0.05, 0.1) is 17.7 Å². The Kier molecular flexibility index (Phi) is 5.91. The smallest absolute Gasteiger partial charge is 0.465 e. The Morgan fingerprint density at radius 2 is 1.63 bits per heavy atom. The molecule has 0 saturated heterocycles. The molecule has 1 heterocycles. The summed E-state index contributed by atoms with van der Waals surface area (Å²) < 4.78 is 71.9. The number of ether oxygens (including phenoxy) is 1. The molecule has 0 saturated carbocycles. The van der Waals surface area contributed by atoms with Crippen molar-refractivity contribution in [2.24, 2.45) is 0 Å². The summed E-state index contributed by atoms with van der Waals surface area (Å²) in [4.78, 5) is 11.5. The standard InChI is InChI=1S/C20H16F3NO4S2/c1-13-8-10-15(11-9-13)30(26,27)24(20(21,22)23)16-12-17(14-6-4-3-5-7-14)29-18(16)19(25)28-2/h3-12H,1-2H3. The largest absolute Gasteiger partial charge is 0.498 e. The Balaban J connectivity index is 2.25. The molecule has 0 aliphatic rings. The predicted octanol–water partition coefficient (Wildman–Crippen LogP) is 5.23. The molecule has 3 rings (SSSR count). The highest BCUT2D eigenvalue weighted by molar-refractivity contribution is 7.93. The van der Waals surface area contributed by atoms with Crippen LogP contribution in [-0.4, -0.2) is 27.8 Å². The summed E-state index contributed by atoms with van der Waals surface area (Å²) in [6.45, 7) is 1.68. The van der Waals surface area contributed by atoms with E-state index in [0.717, 1.165) is 36.6 Å². The Labute approximate surface area is 175 Å². The molecule has 1 aromatic heterocycles. The van der Waals surface area contributed by atoms with Gasteiger partial charge in [-0.2, -0.15) is 4.31 Å². The SMILES string of the molecule is COC(=O)c1sc(-c2ccccc2)cc1N(C(F)(F)F)S(=O)(=O)c1ccc(C)cc1. The summed E-state index contributed by atoms with van der Waals surface area (Å²) in [5.41, 5.74) is 0.414. The van der Waals surface area contributed by atoms with E-state index in [2.05, 4.69) is 4.74 Å². The maximum absolute atomic E-state index is 14.0. The molecule has 5 nitrogen and oxygen atoms in total. The van der Waals surface area contributed by atoms with Crippen molar-refractivity contribution < 1.29 is 31.1 Å². The normalized spacial score (nSPS) is 11.9. The molecule has 0 unspecified atom stereocenters. The van der Waals surface area contributed by atoms with Crippen molar-refractivity contribution in [3.63, 3.8) is 0 Å². The van der Waals surface area contributed by atoms with E-state index >= 15 is 0 Å². The molecule has 0 atom stereocenters. The van der Waals surface area contributed by atoms with Gasteiger partial charge in [-0.1, -0.05) is 48.0 Å². The second kappa shape index (κ2) is 8.11. The third kappa shape index (κ3) is 4.19.